The van der Waals surface area contributed by atoms with E-state index in [0.29, 0.717) is 11.5 Å². The monoisotopic (exact) mass is 275 g/mol. The molecule has 0 fully saturated rings. The smallest absolute Gasteiger partial charge is 0.243 e. The van der Waals surface area contributed by atoms with Crippen LogP contribution in [0.4, 0.5) is 5.69 Å². The van der Waals surface area contributed by atoms with Crippen LogP contribution >= 0.6 is 0 Å². The summed E-state index contributed by atoms with van der Waals surface area (Å²) >= 11 is 0. The van der Waals surface area contributed by atoms with Crippen LogP contribution in [0.15, 0.2) is 24.3 Å². The summed E-state index contributed by atoms with van der Waals surface area (Å²) in [4.78, 5) is 15.9. The lowest BCUT2D eigenvalue weighted by molar-refractivity contribution is -0.118. The highest BCUT2D eigenvalue weighted by Gasteiger charge is 2.13. The molecule has 1 atom stereocenters. The number of amides is 1. The fraction of sp³-hybridized carbons (Fsp3) is 0.308. The fourth-order valence-corrected chi connectivity index (χ4v) is 1.66. The van der Waals surface area contributed by atoms with Crippen molar-refractivity contribution < 1.29 is 9.53 Å². The Kier molecular flexibility index (Phi) is 4.44. The quantitative estimate of drug-likeness (QED) is 0.744. The van der Waals surface area contributed by atoms with Crippen molar-refractivity contribution in [2.75, 3.05) is 19.0 Å². The average molecular weight is 275 g/mol. The Hall–Kier alpha value is -2.25. The Morgan fingerprint density at radius 3 is 2.70 bits per heavy atom. The number of aryl methyl sites for hydroxylation is 1. The number of benzene rings is 1. The zero-order chi connectivity index (χ0) is 14.5. The van der Waals surface area contributed by atoms with E-state index in [1.54, 1.807) is 12.1 Å². The lowest BCUT2D eigenvalue weighted by Gasteiger charge is -2.11. The Balaban J connectivity index is 2.03. The third-order valence-corrected chi connectivity index (χ3v) is 2.69. The molecule has 7 nitrogen and oxygen atoms in total. The number of nitrogens with two attached hydrogens (primary N) is 1. The molecule has 0 saturated heterocycles. The maximum absolute atomic E-state index is 11.7. The van der Waals surface area contributed by atoms with Gasteiger partial charge in [-0.25, -0.2) is 4.98 Å². The maximum Gasteiger partial charge on any atom is 0.243 e. The summed E-state index contributed by atoms with van der Waals surface area (Å²) in [6.45, 7) is 2.02. The largest absolute Gasteiger partial charge is 0.383 e. The van der Waals surface area contributed by atoms with Crippen LogP contribution in [0, 0.1) is 6.92 Å². The Morgan fingerprint density at radius 1 is 1.45 bits per heavy atom. The minimum atomic E-state index is -0.685. The highest BCUT2D eigenvalue weighted by Crippen LogP contribution is 2.17. The molecule has 106 valence electrons. The normalized spacial score (nSPS) is 12.2. The van der Waals surface area contributed by atoms with Crippen molar-refractivity contribution in [1.82, 2.24) is 15.2 Å². The van der Waals surface area contributed by atoms with Crippen molar-refractivity contribution in [2.24, 2.45) is 5.73 Å². The van der Waals surface area contributed by atoms with E-state index in [2.05, 4.69) is 20.5 Å². The molecule has 1 unspecified atom stereocenters. The van der Waals surface area contributed by atoms with Crippen molar-refractivity contribution >= 4 is 11.6 Å². The molecular weight excluding hydrogens is 258 g/mol. The first-order valence-electron chi connectivity index (χ1n) is 6.15. The van der Waals surface area contributed by atoms with Crippen LogP contribution in [0.25, 0.3) is 11.4 Å². The molecule has 1 amide bonds. The van der Waals surface area contributed by atoms with Gasteiger partial charge in [0.05, 0.1) is 6.61 Å². The van der Waals surface area contributed by atoms with Gasteiger partial charge in [0.1, 0.15) is 11.9 Å². The summed E-state index contributed by atoms with van der Waals surface area (Å²) in [5.41, 5.74) is 7.17. The van der Waals surface area contributed by atoms with Gasteiger partial charge in [0, 0.05) is 18.4 Å². The minimum Gasteiger partial charge on any atom is -0.383 e. The molecule has 0 radical (unpaired) electrons. The van der Waals surface area contributed by atoms with Gasteiger partial charge in [0.15, 0.2) is 5.82 Å². The third-order valence-electron chi connectivity index (χ3n) is 2.69. The summed E-state index contributed by atoms with van der Waals surface area (Å²) < 4.78 is 4.84. The van der Waals surface area contributed by atoms with Crippen LogP contribution in [-0.4, -0.2) is 40.8 Å². The first kappa shape index (κ1) is 14.2. The number of hydrogen-bond acceptors (Lipinski definition) is 5. The topological polar surface area (TPSA) is 106 Å². The number of H-pyrrole nitrogens is 1. The molecule has 0 aliphatic heterocycles. The van der Waals surface area contributed by atoms with Crippen molar-refractivity contribution in [3.63, 3.8) is 0 Å². The number of nitrogens with one attached hydrogen (secondary N) is 2. The van der Waals surface area contributed by atoms with Gasteiger partial charge in [-0.1, -0.05) is 0 Å². The predicted octanol–water partition coefficient (Wildman–Crippen LogP) is 0.692. The molecule has 0 spiro atoms. The predicted molar refractivity (Wildman–Crippen MR) is 75.0 cm³/mol. The van der Waals surface area contributed by atoms with E-state index in [4.69, 9.17) is 10.5 Å². The molecule has 2 aromatic rings. The number of anilines is 1. The highest BCUT2D eigenvalue weighted by atomic mass is 16.5. The second-order valence-corrected chi connectivity index (χ2v) is 4.37. The third kappa shape index (κ3) is 3.40. The van der Waals surface area contributed by atoms with Crippen LogP contribution in [-0.2, 0) is 9.53 Å². The lowest BCUT2D eigenvalue weighted by atomic mass is 10.2. The van der Waals surface area contributed by atoms with Gasteiger partial charge in [-0.15, -0.1) is 0 Å². The van der Waals surface area contributed by atoms with E-state index in [0.717, 1.165) is 11.4 Å². The summed E-state index contributed by atoms with van der Waals surface area (Å²) in [5, 5.41) is 9.57. The number of carbonyl (C=O) groups is 1. The van der Waals surface area contributed by atoms with E-state index in [1.165, 1.54) is 7.11 Å². The molecule has 1 aromatic carbocycles. The first-order chi connectivity index (χ1) is 9.60. The number of methoxy groups -OCH3 is 1. The average Bonchev–Trinajstić information content (AvgIpc) is 2.86. The van der Waals surface area contributed by atoms with E-state index >= 15 is 0 Å². The van der Waals surface area contributed by atoms with Crippen molar-refractivity contribution in [1.29, 1.82) is 0 Å². The number of nitrogens with zero attached hydrogens (tertiary/aromatic N) is 2. The van der Waals surface area contributed by atoms with E-state index in [9.17, 15) is 4.79 Å². The van der Waals surface area contributed by atoms with Gasteiger partial charge in [0.2, 0.25) is 5.91 Å². The van der Waals surface area contributed by atoms with Gasteiger partial charge in [-0.2, -0.15) is 5.10 Å². The minimum absolute atomic E-state index is 0.181. The second-order valence-electron chi connectivity index (χ2n) is 4.37. The number of ether oxygens (including phenoxy) is 1. The highest BCUT2D eigenvalue weighted by molar-refractivity contribution is 5.94. The molecule has 20 heavy (non-hydrogen) atoms. The van der Waals surface area contributed by atoms with E-state index < -0.39 is 6.04 Å². The molecule has 1 aromatic heterocycles. The Bertz CT molecular complexity index is 579. The number of aromatic nitrogens is 3. The summed E-state index contributed by atoms with van der Waals surface area (Å²) in [6, 6.07) is 6.53. The number of aromatic amines is 1. The molecule has 4 N–H and O–H groups in total. The second kappa shape index (κ2) is 6.27. The standard InChI is InChI=1S/C13H17N5O2/c1-8-15-12(18-17-8)9-3-5-10(6-4-9)16-13(19)11(14)7-20-2/h3-6,11H,7,14H2,1-2H3,(H,16,19)(H,15,17,18). The van der Waals surface area contributed by atoms with Gasteiger partial charge >= 0.3 is 0 Å². The van der Waals surface area contributed by atoms with Crippen LogP contribution in [0.2, 0.25) is 0 Å². The number of rotatable bonds is 5. The Morgan fingerprint density at radius 2 is 2.15 bits per heavy atom. The molecule has 7 heteroatoms. The lowest BCUT2D eigenvalue weighted by Crippen LogP contribution is -2.39. The van der Waals surface area contributed by atoms with E-state index in [-0.39, 0.29) is 12.5 Å². The summed E-state index contributed by atoms with van der Waals surface area (Å²) in [7, 11) is 1.50. The molecule has 0 bridgehead atoms. The summed E-state index contributed by atoms with van der Waals surface area (Å²) in [5.74, 6) is 1.09. The zero-order valence-corrected chi connectivity index (χ0v) is 11.4. The molecule has 0 aliphatic rings. The molecular formula is C13H17N5O2. The van der Waals surface area contributed by atoms with Gasteiger partial charge in [-0.3, -0.25) is 9.89 Å². The molecule has 2 rings (SSSR count). The van der Waals surface area contributed by atoms with Crippen LogP contribution < -0.4 is 11.1 Å². The van der Waals surface area contributed by atoms with E-state index in [1.807, 2.05) is 19.1 Å². The summed E-state index contributed by atoms with van der Waals surface area (Å²) in [6.07, 6.45) is 0. The van der Waals surface area contributed by atoms with Crippen LogP contribution in [0.5, 0.6) is 0 Å². The first-order valence-corrected chi connectivity index (χ1v) is 6.15. The number of hydrogen-bond donors (Lipinski definition) is 3. The zero-order valence-electron chi connectivity index (χ0n) is 11.4. The van der Waals surface area contributed by atoms with Gasteiger partial charge < -0.3 is 15.8 Å². The van der Waals surface area contributed by atoms with Gasteiger partial charge in [-0.05, 0) is 31.2 Å². The molecule has 1 heterocycles. The SMILES string of the molecule is COCC(N)C(=O)Nc1ccc(-c2n[nH]c(C)n2)cc1. The Labute approximate surface area is 116 Å². The fourth-order valence-electron chi connectivity index (χ4n) is 1.66. The van der Waals surface area contributed by atoms with Crippen LogP contribution in [0.3, 0.4) is 0 Å². The van der Waals surface area contributed by atoms with Crippen molar-refractivity contribution in [3.8, 4) is 11.4 Å². The van der Waals surface area contributed by atoms with Gasteiger partial charge in [0.25, 0.3) is 0 Å². The molecule has 0 saturated carbocycles. The van der Waals surface area contributed by atoms with Crippen molar-refractivity contribution in [3.05, 3.63) is 30.1 Å². The van der Waals surface area contributed by atoms with Crippen molar-refractivity contribution in [2.45, 2.75) is 13.0 Å². The molecule has 0 aliphatic carbocycles. The van der Waals surface area contributed by atoms with Crippen LogP contribution in [0.1, 0.15) is 5.82 Å². The maximum atomic E-state index is 11.7. The number of carbonyl (C=O) groups excluding carboxylic acids is 1.